The summed E-state index contributed by atoms with van der Waals surface area (Å²) in [5.41, 5.74) is 7.14. The highest BCUT2D eigenvalue weighted by Gasteiger charge is 2.19. The monoisotopic (exact) mass is 233 g/mol. The van der Waals surface area contributed by atoms with Gasteiger partial charge in [-0.15, -0.1) is 11.3 Å². The van der Waals surface area contributed by atoms with Crippen LogP contribution >= 0.6 is 11.3 Å². The zero-order valence-corrected chi connectivity index (χ0v) is 8.86. The number of aromatic amines is 1. The third-order valence-corrected chi connectivity index (χ3v) is 3.02. The van der Waals surface area contributed by atoms with Crippen LogP contribution in [0.2, 0.25) is 0 Å². The first-order chi connectivity index (χ1) is 7.86. The standard InChI is InChI=1S/C9H7N5OS/c10-9-7(6-2-1-3-16-6)8(15-13-9)5-4-11-14-12-5/h1-4H,(H2,10,13)(H,11,12,14). The van der Waals surface area contributed by atoms with E-state index in [1.165, 1.54) is 0 Å². The van der Waals surface area contributed by atoms with Crippen molar-refractivity contribution in [3.63, 3.8) is 0 Å². The van der Waals surface area contributed by atoms with E-state index in [1.54, 1.807) is 17.5 Å². The minimum atomic E-state index is 0.362. The van der Waals surface area contributed by atoms with Crippen LogP contribution in [0.4, 0.5) is 5.82 Å². The highest BCUT2D eigenvalue weighted by molar-refractivity contribution is 7.13. The van der Waals surface area contributed by atoms with Gasteiger partial charge in [-0.3, -0.25) is 0 Å². The fraction of sp³-hybridized carbons (Fsp3) is 0. The van der Waals surface area contributed by atoms with Gasteiger partial charge < -0.3 is 10.3 Å². The average molecular weight is 233 g/mol. The summed E-state index contributed by atoms with van der Waals surface area (Å²) in [5.74, 6) is 0.897. The Bertz CT molecular complexity index is 583. The van der Waals surface area contributed by atoms with Crippen LogP contribution in [0.5, 0.6) is 0 Å². The smallest absolute Gasteiger partial charge is 0.199 e. The summed E-state index contributed by atoms with van der Waals surface area (Å²) in [6.45, 7) is 0. The van der Waals surface area contributed by atoms with Crippen LogP contribution in [0.15, 0.2) is 28.2 Å². The molecule has 0 bridgehead atoms. The average Bonchev–Trinajstić information content (AvgIpc) is 2.96. The van der Waals surface area contributed by atoms with Crippen molar-refractivity contribution in [2.45, 2.75) is 0 Å². The second-order valence-corrected chi connectivity index (χ2v) is 4.05. The van der Waals surface area contributed by atoms with Crippen LogP contribution in [0.3, 0.4) is 0 Å². The molecule has 0 saturated heterocycles. The molecule has 3 aromatic rings. The number of nitrogens with one attached hydrogen (secondary N) is 1. The Kier molecular flexibility index (Phi) is 1.97. The minimum absolute atomic E-state index is 0.362. The van der Waals surface area contributed by atoms with E-state index in [-0.39, 0.29) is 0 Å². The summed E-state index contributed by atoms with van der Waals surface area (Å²) in [6, 6.07) is 3.90. The van der Waals surface area contributed by atoms with Crippen LogP contribution < -0.4 is 5.73 Å². The lowest BCUT2D eigenvalue weighted by Gasteiger charge is -1.94. The van der Waals surface area contributed by atoms with Crippen molar-refractivity contribution in [2.75, 3.05) is 5.73 Å². The predicted octanol–water partition coefficient (Wildman–Crippen LogP) is 1.77. The molecule has 0 radical (unpaired) electrons. The lowest BCUT2D eigenvalue weighted by atomic mass is 10.2. The van der Waals surface area contributed by atoms with Gasteiger partial charge in [-0.05, 0) is 11.4 Å². The fourth-order valence-electron chi connectivity index (χ4n) is 1.45. The fourth-order valence-corrected chi connectivity index (χ4v) is 2.22. The molecule has 3 N–H and O–H groups in total. The van der Waals surface area contributed by atoms with E-state index in [0.29, 0.717) is 17.3 Å². The van der Waals surface area contributed by atoms with Crippen molar-refractivity contribution in [2.24, 2.45) is 0 Å². The Morgan fingerprint density at radius 2 is 2.38 bits per heavy atom. The summed E-state index contributed by atoms with van der Waals surface area (Å²) >= 11 is 1.57. The zero-order valence-electron chi connectivity index (χ0n) is 8.04. The number of anilines is 1. The Morgan fingerprint density at radius 1 is 1.44 bits per heavy atom. The van der Waals surface area contributed by atoms with E-state index >= 15 is 0 Å². The second-order valence-electron chi connectivity index (χ2n) is 3.10. The molecule has 7 heteroatoms. The van der Waals surface area contributed by atoms with E-state index in [1.807, 2.05) is 17.5 Å². The van der Waals surface area contributed by atoms with Gasteiger partial charge in [0.25, 0.3) is 0 Å². The van der Waals surface area contributed by atoms with Crippen molar-refractivity contribution in [3.8, 4) is 21.9 Å². The van der Waals surface area contributed by atoms with Crippen LogP contribution in [0, 0.1) is 0 Å². The number of rotatable bonds is 2. The normalized spacial score (nSPS) is 10.8. The number of nitrogens with two attached hydrogens (primary N) is 1. The van der Waals surface area contributed by atoms with E-state index < -0.39 is 0 Å². The molecule has 0 aromatic carbocycles. The minimum Gasteiger partial charge on any atom is -0.380 e. The Morgan fingerprint density at radius 3 is 3.06 bits per heavy atom. The van der Waals surface area contributed by atoms with Crippen molar-refractivity contribution in [1.29, 1.82) is 0 Å². The first-order valence-corrected chi connectivity index (χ1v) is 5.39. The highest BCUT2D eigenvalue weighted by Crippen LogP contribution is 2.37. The van der Waals surface area contributed by atoms with E-state index in [9.17, 15) is 0 Å². The van der Waals surface area contributed by atoms with Gasteiger partial charge in [0.15, 0.2) is 17.3 Å². The van der Waals surface area contributed by atoms with Gasteiger partial charge in [-0.25, -0.2) is 0 Å². The molecule has 16 heavy (non-hydrogen) atoms. The molecule has 0 aliphatic rings. The topological polar surface area (TPSA) is 93.6 Å². The largest absolute Gasteiger partial charge is 0.380 e. The number of hydrogen-bond acceptors (Lipinski definition) is 6. The summed E-state index contributed by atoms with van der Waals surface area (Å²) in [7, 11) is 0. The van der Waals surface area contributed by atoms with Crippen LogP contribution in [-0.2, 0) is 0 Å². The molecule has 6 nitrogen and oxygen atoms in total. The predicted molar refractivity (Wildman–Crippen MR) is 59.6 cm³/mol. The lowest BCUT2D eigenvalue weighted by molar-refractivity contribution is 0.435. The Hall–Kier alpha value is -2.15. The zero-order chi connectivity index (χ0) is 11.0. The van der Waals surface area contributed by atoms with Crippen LogP contribution in [-0.4, -0.2) is 20.6 Å². The molecule has 0 amide bonds. The van der Waals surface area contributed by atoms with Gasteiger partial charge in [0, 0.05) is 4.88 Å². The Balaban J connectivity index is 2.21. The molecule has 0 fully saturated rings. The first-order valence-electron chi connectivity index (χ1n) is 4.51. The summed E-state index contributed by atoms with van der Waals surface area (Å²) in [4.78, 5) is 0.997. The van der Waals surface area contributed by atoms with Gasteiger partial charge >= 0.3 is 0 Å². The number of hydrogen-bond donors (Lipinski definition) is 2. The first kappa shape index (κ1) is 9.10. The number of nitrogens with zero attached hydrogens (tertiary/aromatic N) is 3. The number of H-pyrrole nitrogens is 1. The maximum atomic E-state index is 5.78. The summed E-state index contributed by atoms with van der Waals surface area (Å²) < 4.78 is 5.17. The Labute approximate surface area is 94.1 Å². The molecule has 0 spiro atoms. The van der Waals surface area contributed by atoms with Crippen LogP contribution in [0.25, 0.3) is 21.9 Å². The molecule has 0 saturated carbocycles. The third kappa shape index (κ3) is 1.29. The third-order valence-electron chi connectivity index (χ3n) is 2.13. The second kappa shape index (κ2) is 3.46. The summed E-state index contributed by atoms with van der Waals surface area (Å²) in [6.07, 6.45) is 1.57. The molecule has 80 valence electrons. The molecule has 3 rings (SSSR count). The molecule has 3 aromatic heterocycles. The number of nitrogen functional groups attached to an aromatic ring is 1. The summed E-state index contributed by atoms with van der Waals surface area (Å²) in [5, 5.41) is 15.9. The molecule has 3 heterocycles. The van der Waals surface area contributed by atoms with Crippen molar-refractivity contribution >= 4 is 17.2 Å². The van der Waals surface area contributed by atoms with E-state index in [4.69, 9.17) is 10.3 Å². The number of thiophene rings is 1. The lowest BCUT2D eigenvalue weighted by Crippen LogP contribution is -1.87. The SMILES string of the molecule is Nc1noc(-c2cn[nH]n2)c1-c1cccs1. The quantitative estimate of drug-likeness (QED) is 0.703. The molecule has 0 unspecified atom stereocenters. The van der Waals surface area contributed by atoms with Crippen molar-refractivity contribution in [3.05, 3.63) is 23.7 Å². The molecule has 0 atom stereocenters. The van der Waals surface area contributed by atoms with Gasteiger partial charge in [0.1, 0.15) is 0 Å². The molecular formula is C9H7N5OS. The van der Waals surface area contributed by atoms with Gasteiger partial charge in [0.2, 0.25) is 0 Å². The maximum absolute atomic E-state index is 5.78. The maximum Gasteiger partial charge on any atom is 0.199 e. The molecule has 0 aliphatic heterocycles. The van der Waals surface area contributed by atoms with Gasteiger partial charge in [0.05, 0.1) is 11.8 Å². The van der Waals surface area contributed by atoms with Crippen molar-refractivity contribution in [1.82, 2.24) is 20.6 Å². The van der Waals surface area contributed by atoms with Crippen molar-refractivity contribution < 1.29 is 4.52 Å². The van der Waals surface area contributed by atoms with Gasteiger partial charge in [-0.2, -0.15) is 15.4 Å². The van der Waals surface area contributed by atoms with E-state index in [0.717, 1.165) is 10.4 Å². The van der Waals surface area contributed by atoms with Gasteiger partial charge in [-0.1, -0.05) is 11.2 Å². The van der Waals surface area contributed by atoms with Crippen LogP contribution in [0.1, 0.15) is 0 Å². The van der Waals surface area contributed by atoms with E-state index in [2.05, 4.69) is 20.6 Å². The highest BCUT2D eigenvalue weighted by atomic mass is 32.1. The molecule has 0 aliphatic carbocycles. The molecular weight excluding hydrogens is 226 g/mol. The number of aromatic nitrogens is 4.